The fourth-order valence-corrected chi connectivity index (χ4v) is 2.07. The van der Waals surface area contributed by atoms with E-state index in [0.29, 0.717) is 35.2 Å². The van der Waals surface area contributed by atoms with E-state index in [1.807, 2.05) is 18.0 Å². The number of benzene rings is 1. The Morgan fingerprint density at radius 2 is 2.00 bits per heavy atom. The van der Waals surface area contributed by atoms with Crippen LogP contribution in [0.5, 0.6) is 0 Å². The van der Waals surface area contributed by atoms with Gasteiger partial charge in [-0.05, 0) is 25.2 Å². The Bertz CT molecular complexity index is 591. The van der Waals surface area contributed by atoms with Crippen molar-refractivity contribution in [3.05, 3.63) is 58.5 Å². The van der Waals surface area contributed by atoms with E-state index in [0.717, 1.165) is 0 Å². The van der Waals surface area contributed by atoms with Gasteiger partial charge in [0.15, 0.2) is 0 Å². The van der Waals surface area contributed by atoms with Gasteiger partial charge >= 0.3 is 0 Å². The predicted octanol–water partition coefficient (Wildman–Crippen LogP) is 2.79. The maximum Gasteiger partial charge on any atom is 0.140 e. The lowest BCUT2D eigenvalue weighted by Crippen LogP contribution is -2.19. The second-order valence-corrected chi connectivity index (χ2v) is 4.94. The molecule has 1 aromatic carbocycles. The molecule has 1 aromatic heterocycles. The summed E-state index contributed by atoms with van der Waals surface area (Å²) in [5.74, 6) is 5.66. The van der Waals surface area contributed by atoms with Gasteiger partial charge in [0.25, 0.3) is 0 Å². The van der Waals surface area contributed by atoms with Gasteiger partial charge in [-0.2, -0.15) is 0 Å². The third kappa shape index (κ3) is 3.66. The van der Waals surface area contributed by atoms with Gasteiger partial charge in [0.05, 0.1) is 10.7 Å². The Morgan fingerprint density at radius 1 is 1.25 bits per heavy atom. The number of anilines is 1. The van der Waals surface area contributed by atoms with Crippen molar-refractivity contribution in [2.24, 2.45) is 5.84 Å². The van der Waals surface area contributed by atoms with Crippen molar-refractivity contribution in [2.45, 2.75) is 13.1 Å². The van der Waals surface area contributed by atoms with Gasteiger partial charge in [-0.25, -0.2) is 15.2 Å². The number of aromatic nitrogens is 1. The predicted molar refractivity (Wildman–Crippen MR) is 78.6 cm³/mol. The Hall–Kier alpha value is -1.69. The summed E-state index contributed by atoms with van der Waals surface area (Å²) in [4.78, 5) is 6.23. The average Bonchev–Trinajstić information content (AvgIpc) is 2.44. The van der Waals surface area contributed by atoms with E-state index in [1.165, 1.54) is 6.07 Å². The number of nitrogen functional groups attached to an aromatic ring is 1. The molecule has 0 radical (unpaired) electrons. The van der Waals surface area contributed by atoms with E-state index in [4.69, 9.17) is 17.4 Å². The topological polar surface area (TPSA) is 54.2 Å². The summed E-state index contributed by atoms with van der Waals surface area (Å²) >= 11 is 6.10. The fourth-order valence-electron chi connectivity index (χ4n) is 1.90. The van der Waals surface area contributed by atoms with Crippen molar-refractivity contribution in [3.63, 3.8) is 0 Å². The third-order valence-corrected chi connectivity index (χ3v) is 3.23. The number of hydrogen-bond donors (Lipinski definition) is 2. The zero-order valence-electron chi connectivity index (χ0n) is 11.1. The SMILES string of the molecule is CN(Cc1ccccc1F)Cc1nc(NN)ccc1Cl. The second-order valence-electron chi connectivity index (χ2n) is 4.53. The molecule has 0 fully saturated rings. The standard InChI is InChI=1S/C14H16ClFN4/c1-20(8-10-4-2-3-5-12(10)16)9-13-11(15)6-7-14(18-13)19-17/h2-7H,8-9,17H2,1H3,(H,18,19). The molecule has 2 aromatic rings. The van der Waals surface area contributed by atoms with Crippen LogP contribution < -0.4 is 11.3 Å². The molecule has 0 saturated heterocycles. The molecule has 0 aliphatic heterocycles. The summed E-state index contributed by atoms with van der Waals surface area (Å²) in [6.07, 6.45) is 0. The van der Waals surface area contributed by atoms with Crippen molar-refractivity contribution < 1.29 is 4.39 Å². The first-order valence-electron chi connectivity index (χ1n) is 6.14. The lowest BCUT2D eigenvalue weighted by atomic mass is 10.2. The number of nitrogens with one attached hydrogen (secondary N) is 1. The maximum absolute atomic E-state index is 13.6. The molecule has 6 heteroatoms. The van der Waals surface area contributed by atoms with Crippen LogP contribution in [0.25, 0.3) is 0 Å². The number of halogens is 2. The minimum atomic E-state index is -0.212. The van der Waals surface area contributed by atoms with Crippen LogP contribution in [0.15, 0.2) is 36.4 Å². The highest BCUT2D eigenvalue weighted by molar-refractivity contribution is 6.31. The molecule has 4 nitrogen and oxygen atoms in total. The average molecular weight is 295 g/mol. The minimum Gasteiger partial charge on any atom is -0.308 e. The molecule has 0 aliphatic carbocycles. The quantitative estimate of drug-likeness (QED) is 0.658. The van der Waals surface area contributed by atoms with Crippen molar-refractivity contribution in [1.82, 2.24) is 9.88 Å². The van der Waals surface area contributed by atoms with E-state index < -0.39 is 0 Å². The largest absolute Gasteiger partial charge is 0.308 e. The molecule has 0 unspecified atom stereocenters. The molecule has 0 spiro atoms. The van der Waals surface area contributed by atoms with E-state index >= 15 is 0 Å². The number of nitrogens with zero attached hydrogens (tertiary/aromatic N) is 2. The van der Waals surface area contributed by atoms with Gasteiger partial charge in [-0.15, -0.1) is 0 Å². The molecule has 0 bridgehead atoms. The first kappa shape index (κ1) is 14.7. The smallest absolute Gasteiger partial charge is 0.140 e. The molecule has 0 atom stereocenters. The van der Waals surface area contributed by atoms with Crippen LogP contribution in [0.3, 0.4) is 0 Å². The summed E-state index contributed by atoms with van der Waals surface area (Å²) in [5.41, 5.74) is 3.81. The van der Waals surface area contributed by atoms with Gasteiger partial charge in [0.2, 0.25) is 0 Å². The highest BCUT2D eigenvalue weighted by Gasteiger charge is 2.09. The first-order chi connectivity index (χ1) is 9.60. The summed E-state index contributed by atoms with van der Waals surface area (Å²) < 4.78 is 13.6. The van der Waals surface area contributed by atoms with Gasteiger partial charge in [-0.3, -0.25) is 4.90 Å². The number of pyridine rings is 1. The molecule has 0 amide bonds. The molecule has 106 valence electrons. The Kier molecular flexibility index (Phi) is 4.89. The Balaban J connectivity index is 2.08. The van der Waals surface area contributed by atoms with Gasteiger partial charge in [0, 0.05) is 18.7 Å². The zero-order chi connectivity index (χ0) is 14.5. The normalized spacial score (nSPS) is 10.8. The molecule has 2 rings (SSSR count). The highest BCUT2D eigenvalue weighted by atomic mass is 35.5. The zero-order valence-corrected chi connectivity index (χ0v) is 11.9. The second kappa shape index (κ2) is 6.65. The number of nitrogens with two attached hydrogens (primary N) is 1. The molecular formula is C14H16ClFN4. The molecule has 3 N–H and O–H groups in total. The van der Waals surface area contributed by atoms with Crippen LogP contribution >= 0.6 is 11.6 Å². The van der Waals surface area contributed by atoms with Crippen LogP contribution in [0.1, 0.15) is 11.3 Å². The van der Waals surface area contributed by atoms with Gasteiger partial charge in [-0.1, -0.05) is 29.8 Å². The minimum absolute atomic E-state index is 0.212. The molecule has 0 saturated carbocycles. The molecule has 20 heavy (non-hydrogen) atoms. The summed E-state index contributed by atoms with van der Waals surface area (Å²) in [6, 6.07) is 10.1. The molecule has 0 aliphatic rings. The van der Waals surface area contributed by atoms with Crippen LogP contribution in [-0.4, -0.2) is 16.9 Å². The van der Waals surface area contributed by atoms with E-state index in [1.54, 1.807) is 24.3 Å². The van der Waals surface area contributed by atoms with Crippen LogP contribution in [-0.2, 0) is 13.1 Å². The highest BCUT2D eigenvalue weighted by Crippen LogP contribution is 2.19. The first-order valence-corrected chi connectivity index (χ1v) is 6.52. The maximum atomic E-state index is 13.6. The lowest BCUT2D eigenvalue weighted by Gasteiger charge is -2.17. The van der Waals surface area contributed by atoms with E-state index in [2.05, 4.69) is 10.4 Å². The van der Waals surface area contributed by atoms with Crippen LogP contribution in [0, 0.1) is 5.82 Å². The summed E-state index contributed by atoms with van der Waals surface area (Å²) in [7, 11) is 1.88. The van der Waals surface area contributed by atoms with E-state index in [-0.39, 0.29) is 5.82 Å². The van der Waals surface area contributed by atoms with Crippen LogP contribution in [0.2, 0.25) is 5.02 Å². The summed E-state index contributed by atoms with van der Waals surface area (Å²) in [5, 5.41) is 0.560. The van der Waals surface area contributed by atoms with Gasteiger partial charge in [0.1, 0.15) is 11.6 Å². The van der Waals surface area contributed by atoms with Crippen molar-refractivity contribution in [3.8, 4) is 0 Å². The van der Waals surface area contributed by atoms with Crippen molar-refractivity contribution >= 4 is 17.4 Å². The molecule has 1 heterocycles. The monoisotopic (exact) mass is 294 g/mol. The third-order valence-electron chi connectivity index (χ3n) is 2.88. The number of hydrazine groups is 1. The van der Waals surface area contributed by atoms with Gasteiger partial charge < -0.3 is 5.43 Å². The van der Waals surface area contributed by atoms with Crippen LogP contribution in [0.4, 0.5) is 10.2 Å². The van der Waals surface area contributed by atoms with E-state index in [9.17, 15) is 4.39 Å². The molecular weight excluding hydrogens is 279 g/mol. The van der Waals surface area contributed by atoms with Crippen molar-refractivity contribution in [1.29, 1.82) is 0 Å². The Morgan fingerprint density at radius 3 is 2.70 bits per heavy atom. The Labute approximate surface area is 122 Å². The van der Waals surface area contributed by atoms with Crippen molar-refractivity contribution in [2.75, 3.05) is 12.5 Å². The summed E-state index contributed by atoms with van der Waals surface area (Å²) in [6.45, 7) is 0.980. The number of rotatable bonds is 5. The number of hydrogen-bond acceptors (Lipinski definition) is 4. The lowest BCUT2D eigenvalue weighted by molar-refractivity contribution is 0.310. The fraction of sp³-hybridized carbons (Fsp3) is 0.214.